The molecular formula is C12H12O4. The zero-order valence-electron chi connectivity index (χ0n) is 8.84. The summed E-state index contributed by atoms with van der Waals surface area (Å²) in [5.74, 6) is 0.660. The van der Waals surface area contributed by atoms with Gasteiger partial charge in [0.05, 0.1) is 6.61 Å². The highest BCUT2D eigenvalue weighted by Crippen LogP contribution is 2.59. The Kier molecular flexibility index (Phi) is 1.87. The van der Waals surface area contributed by atoms with Gasteiger partial charge < -0.3 is 14.6 Å². The highest BCUT2D eigenvalue weighted by molar-refractivity contribution is 5.80. The number of hydrogen-bond acceptors (Lipinski definition) is 4. The summed E-state index contributed by atoms with van der Waals surface area (Å²) in [5.41, 5.74) is 0.919. The van der Waals surface area contributed by atoms with E-state index in [1.54, 1.807) is 25.1 Å². The van der Waals surface area contributed by atoms with Gasteiger partial charge >= 0.3 is 5.97 Å². The van der Waals surface area contributed by atoms with E-state index in [0.717, 1.165) is 11.3 Å². The quantitative estimate of drug-likeness (QED) is 0.766. The number of hydrogen-bond donors (Lipinski definition) is 1. The standard InChI is InChI=1S/C12H12O4/c1-2-15-12(14)10-9-7-5-6(13)3-4-8(7)16-11(9)10/h3-5,9-11,13H,2H2,1H3/t9-,10-,11+/m1/s1. The van der Waals surface area contributed by atoms with Gasteiger partial charge in [-0.1, -0.05) is 0 Å². The molecule has 0 unspecified atom stereocenters. The highest BCUT2D eigenvalue weighted by Gasteiger charge is 2.63. The van der Waals surface area contributed by atoms with Crippen molar-refractivity contribution in [2.75, 3.05) is 6.61 Å². The summed E-state index contributed by atoms with van der Waals surface area (Å²) < 4.78 is 10.6. The normalized spacial score (nSPS) is 28.9. The Balaban J connectivity index is 1.84. The van der Waals surface area contributed by atoms with E-state index in [2.05, 4.69) is 0 Å². The zero-order chi connectivity index (χ0) is 11.3. The molecule has 1 fully saturated rings. The fourth-order valence-electron chi connectivity index (χ4n) is 2.37. The minimum atomic E-state index is -0.202. The van der Waals surface area contributed by atoms with E-state index in [-0.39, 0.29) is 29.7 Å². The van der Waals surface area contributed by atoms with Gasteiger partial charge in [-0.25, -0.2) is 0 Å². The third-order valence-corrected chi connectivity index (χ3v) is 3.13. The van der Waals surface area contributed by atoms with Gasteiger partial charge in [-0.15, -0.1) is 0 Å². The number of rotatable bonds is 2. The number of phenolic OH excluding ortho intramolecular Hbond substituents is 1. The first-order valence-corrected chi connectivity index (χ1v) is 5.38. The maximum atomic E-state index is 11.5. The fourth-order valence-corrected chi connectivity index (χ4v) is 2.37. The second-order valence-electron chi connectivity index (χ2n) is 4.11. The topological polar surface area (TPSA) is 55.8 Å². The third kappa shape index (κ3) is 1.19. The van der Waals surface area contributed by atoms with E-state index in [1.165, 1.54) is 0 Å². The molecule has 0 bridgehead atoms. The Bertz CT molecular complexity index is 454. The monoisotopic (exact) mass is 220 g/mol. The second-order valence-corrected chi connectivity index (χ2v) is 4.11. The van der Waals surface area contributed by atoms with Gasteiger partial charge in [0.25, 0.3) is 0 Å². The summed E-state index contributed by atoms with van der Waals surface area (Å²) in [6, 6.07) is 4.99. The van der Waals surface area contributed by atoms with Crippen molar-refractivity contribution in [3.05, 3.63) is 23.8 Å². The van der Waals surface area contributed by atoms with E-state index in [9.17, 15) is 9.90 Å². The van der Waals surface area contributed by atoms with Crippen LogP contribution in [0.1, 0.15) is 18.4 Å². The molecule has 0 spiro atoms. The van der Waals surface area contributed by atoms with Gasteiger partial charge in [-0.05, 0) is 25.1 Å². The van der Waals surface area contributed by atoms with Crippen molar-refractivity contribution in [2.24, 2.45) is 5.92 Å². The molecule has 1 saturated carbocycles. The van der Waals surface area contributed by atoms with Crippen molar-refractivity contribution in [2.45, 2.75) is 18.9 Å². The molecule has 16 heavy (non-hydrogen) atoms. The molecule has 1 N–H and O–H groups in total. The van der Waals surface area contributed by atoms with Crippen molar-refractivity contribution in [1.82, 2.24) is 0 Å². The number of carbonyl (C=O) groups is 1. The van der Waals surface area contributed by atoms with Crippen molar-refractivity contribution >= 4 is 5.97 Å². The Morgan fingerprint density at radius 3 is 3.12 bits per heavy atom. The first-order chi connectivity index (χ1) is 7.72. The maximum Gasteiger partial charge on any atom is 0.313 e. The molecule has 3 rings (SSSR count). The van der Waals surface area contributed by atoms with Crippen LogP contribution >= 0.6 is 0 Å². The van der Waals surface area contributed by atoms with Gasteiger partial charge in [0.15, 0.2) is 0 Å². The van der Waals surface area contributed by atoms with E-state index in [1.807, 2.05) is 0 Å². The van der Waals surface area contributed by atoms with Gasteiger partial charge in [0.1, 0.15) is 23.5 Å². The van der Waals surface area contributed by atoms with Crippen LogP contribution in [0.3, 0.4) is 0 Å². The van der Waals surface area contributed by atoms with Crippen LogP contribution in [0.4, 0.5) is 0 Å². The molecule has 0 aromatic heterocycles. The van der Waals surface area contributed by atoms with Crippen LogP contribution in [-0.4, -0.2) is 23.8 Å². The summed E-state index contributed by atoms with van der Waals surface area (Å²) in [7, 11) is 0. The summed E-state index contributed by atoms with van der Waals surface area (Å²) in [6.07, 6.45) is -0.0872. The van der Waals surface area contributed by atoms with E-state index < -0.39 is 0 Å². The molecule has 4 heteroatoms. The molecule has 3 atom stereocenters. The van der Waals surface area contributed by atoms with Crippen LogP contribution in [0.2, 0.25) is 0 Å². The zero-order valence-corrected chi connectivity index (χ0v) is 8.84. The molecule has 1 aliphatic heterocycles. The van der Waals surface area contributed by atoms with Crippen LogP contribution in [-0.2, 0) is 9.53 Å². The van der Waals surface area contributed by atoms with Crippen LogP contribution < -0.4 is 4.74 Å². The highest BCUT2D eigenvalue weighted by atomic mass is 16.5. The molecule has 1 heterocycles. The molecular weight excluding hydrogens is 208 g/mol. The van der Waals surface area contributed by atoms with Crippen LogP contribution in [0.15, 0.2) is 18.2 Å². The lowest BCUT2D eigenvalue weighted by molar-refractivity contribution is -0.145. The Labute approximate surface area is 92.8 Å². The van der Waals surface area contributed by atoms with Gasteiger partial charge in [-0.2, -0.15) is 0 Å². The van der Waals surface area contributed by atoms with E-state index in [4.69, 9.17) is 9.47 Å². The van der Waals surface area contributed by atoms with Gasteiger partial charge in [0, 0.05) is 11.5 Å². The summed E-state index contributed by atoms with van der Waals surface area (Å²) in [6.45, 7) is 2.18. The number of esters is 1. The first-order valence-electron chi connectivity index (χ1n) is 5.38. The minimum absolute atomic E-state index is 0.0705. The Morgan fingerprint density at radius 2 is 2.38 bits per heavy atom. The summed E-state index contributed by atoms with van der Waals surface area (Å²) in [5, 5.41) is 9.39. The molecule has 0 amide bonds. The number of phenols is 1. The lowest BCUT2D eigenvalue weighted by Gasteiger charge is -2.07. The molecule has 0 saturated heterocycles. The lowest BCUT2D eigenvalue weighted by Crippen LogP contribution is -2.13. The van der Waals surface area contributed by atoms with E-state index >= 15 is 0 Å². The Morgan fingerprint density at radius 1 is 1.56 bits per heavy atom. The molecule has 84 valence electrons. The Hall–Kier alpha value is -1.71. The summed E-state index contributed by atoms with van der Waals surface area (Å²) >= 11 is 0. The lowest BCUT2D eigenvalue weighted by atomic mass is 10.1. The maximum absolute atomic E-state index is 11.5. The molecule has 0 radical (unpaired) electrons. The van der Waals surface area contributed by atoms with Crippen LogP contribution in [0, 0.1) is 5.92 Å². The third-order valence-electron chi connectivity index (χ3n) is 3.13. The SMILES string of the molecule is CCOC(=O)[C@H]1[C@H]2Oc3ccc(O)cc3[C@@H]21. The van der Waals surface area contributed by atoms with Crippen LogP contribution in [0.25, 0.3) is 0 Å². The molecule has 1 aliphatic carbocycles. The predicted molar refractivity (Wildman–Crippen MR) is 55.4 cm³/mol. The van der Waals surface area contributed by atoms with Crippen molar-refractivity contribution in [3.63, 3.8) is 0 Å². The minimum Gasteiger partial charge on any atom is -0.508 e. The average molecular weight is 220 g/mol. The molecule has 2 aliphatic rings. The molecule has 1 aromatic rings. The number of ether oxygens (including phenoxy) is 2. The molecule has 1 aromatic carbocycles. The number of fused-ring (bicyclic) bond motifs is 3. The number of benzene rings is 1. The van der Waals surface area contributed by atoms with Crippen molar-refractivity contribution in [3.8, 4) is 11.5 Å². The van der Waals surface area contributed by atoms with Gasteiger partial charge in [-0.3, -0.25) is 4.79 Å². The predicted octanol–water partition coefficient (Wildman–Crippen LogP) is 1.43. The number of aromatic hydroxyl groups is 1. The molecule has 4 nitrogen and oxygen atoms in total. The van der Waals surface area contributed by atoms with Crippen molar-refractivity contribution < 1.29 is 19.4 Å². The van der Waals surface area contributed by atoms with Gasteiger partial charge in [0.2, 0.25) is 0 Å². The fraction of sp³-hybridized carbons (Fsp3) is 0.417. The average Bonchev–Trinajstić information content (AvgIpc) is 2.85. The first kappa shape index (κ1) is 9.51. The van der Waals surface area contributed by atoms with Crippen LogP contribution in [0.5, 0.6) is 11.5 Å². The smallest absolute Gasteiger partial charge is 0.313 e. The largest absolute Gasteiger partial charge is 0.508 e. The summed E-state index contributed by atoms with van der Waals surface area (Å²) in [4.78, 5) is 11.5. The van der Waals surface area contributed by atoms with Crippen molar-refractivity contribution in [1.29, 1.82) is 0 Å². The second kappa shape index (κ2) is 3.14. The van der Waals surface area contributed by atoms with E-state index in [0.29, 0.717) is 6.61 Å². The number of carbonyl (C=O) groups excluding carboxylic acids is 1.